The van der Waals surface area contributed by atoms with Gasteiger partial charge in [0.1, 0.15) is 17.1 Å². The standard InChI is InChI=1S/C35H40FN5O2/c1-22-5-4-14-40(17-22)20-35(12-13-35)21-43-34-38-32-29(33(39-34)41-18-24-8-9-25(19-41)37-24)11-10-28(31(32)36)30-16-26(42)15-23-6-2-3-7-27(23)30/h2-3,6-7,10-11,15-16,22,24-25,37,42H,4-5,8-9,12-14,17-21H2,1H3. The molecule has 0 spiro atoms. The number of aromatic nitrogens is 2. The van der Waals surface area contributed by atoms with Gasteiger partial charge in [-0.1, -0.05) is 37.3 Å². The maximum absolute atomic E-state index is 16.7. The Hall–Kier alpha value is -3.49. The van der Waals surface area contributed by atoms with Crippen molar-refractivity contribution >= 4 is 27.5 Å². The zero-order valence-electron chi connectivity index (χ0n) is 24.9. The van der Waals surface area contributed by atoms with E-state index in [9.17, 15) is 5.11 Å². The molecule has 3 aliphatic heterocycles. The first kappa shape index (κ1) is 27.1. The first-order chi connectivity index (χ1) is 20.9. The van der Waals surface area contributed by atoms with Crippen LogP contribution in [0.5, 0.6) is 11.8 Å². The van der Waals surface area contributed by atoms with Gasteiger partial charge in [0.15, 0.2) is 5.82 Å². The van der Waals surface area contributed by atoms with Crippen molar-refractivity contribution in [1.82, 2.24) is 20.2 Å². The van der Waals surface area contributed by atoms with Crippen LogP contribution in [0.25, 0.3) is 32.8 Å². The Labute approximate surface area is 252 Å². The minimum Gasteiger partial charge on any atom is -0.508 e. The number of anilines is 1. The van der Waals surface area contributed by atoms with E-state index in [1.807, 2.05) is 36.4 Å². The van der Waals surface area contributed by atoms with Gasteiger partial charge in [-0.3, -0.25) is 0 Å². The molecule has 8 heteroatoms. The van der Waals surface area contributed by atoms with Crippen molar-refractivity contribution in [2.45, 2.75) is 57.5 Å². The number of hydrogen-bond acceptors (Lipinski definition) is 7. The number of nitrogens with one attached hydrogen (secondary N) is 1. The number of likely N-dealkylation sites (tertiary alicyclic amines) is 1. The summed E-state index contributed by atoms with van der Waals surface area (Å²) in [5.41, 5.74) is 1.45. The van der Waals surface area contributed by atoms with Gasteiger partial charge in [0, 0.05) is 54.6 Å². The van der Waals surface area contributed by atoms with Crippen molar-refractivity contribution < 1.29 is 14.2 Å². The molecule has 1 saturated carbocycles. The van der Waals surface area contributed by atoms with E-state index in [1.54, 1.807) is 12.1 Å². The molecule has 2 N–H and O–H groups in total. The summed E-state index contributed by atoms with van der Waals surface area (Å²) < 4.78 is 23.1. The number of rotatable bonds is 7. The highest BCUT2D eigenvalue weighted by molar-refractivity contribution is 6.01. The molecule has 3 atom stereocenters. The molecule has 4 fully saturated rings. The van der Waals surface area contributed by atoms with Crippen LogP contribution in [0.1, 0.15) is 45.4 Å². The molecule has 4 heterocycles. The van der Waals surface area contributed by atoms with Crippen molar-refractivity contribution in [3.05, 3.63) is 54.3 Å². The number of piperidine rings is 1. The molecule has 2 bridgehead atoms. The lowest BCUT2D eigenvalue weighted by Gasteiger charge is -2.34. The first-order valence-electron chi connectivity index (χ1n) is 16.0. The number of benzene rings is 3. The van der Waals surface area contributed by atoms with Crippen LogP contribution >= 0.6 is 0 Å². The third kappa shape index (κ3) is 5.18. The van der Waals surface area contributed by atoms with Crippen LogP contribution in [-0.4, -0.2) is 71.4 Å². The molecule has 4 aromatic rings. The minimum atomic E-state index is -0.414. The molecule has 1 aromatic heterocycles. The van der Waals surface area contributed by atoms with Crippen LogP contribution in [0, 0.1) is 17.2 Å². The lowest BCUT2D eigenvalue weighted by molar-refractivity contribution is 0.119. The summed E-state index contributed by atoms with van der Waals surface area (Å²) in [6, 6.07) is 15.9. The molecule has 3 aromatic carbocycles. The van der Waals surface area contributed by atoms with E-state index in [0.717, 1.165) is 80.9 Å². The van der Waals surface area contributed by atoms with Crippen molar-refractivity contribution in [3.8, 4) is 22.9 Å². The van der Waals surface area contributed by atoms with Crippen LogP contribution in [0.4, 0.5) is 10.2 Å². The van der Waals surface area contributed by atoms with Gasteiger partial charge in [-0.05, 0) is 85.5 Å². The molecule has 1 aliphatic carbocycles. The Morgan fingerprint density at radius 2 is 1.79 bits per heavy atom. The van der Waals surface area contributed by atoms with Gasteiger partial charge in [-0.25, -0.2) is 4.39 Å². The largest absolute Gasteiger partial charge is 0.508 e. The third-order valence-electron chi connectivity index (χ3n) is 10.2. The number of phenols is 1. The van der Waals surface area contributed by atoms with E-state index >= 15 is 4.39 Å². The molecule has 4 aliphatic rings. The second kappa shape index (κ2) is 10.6. The van der Waals surface area contributed by atoms with Crippen LogP contribution in [0.2, 0.25) is 0 Å². The topological polar surface area (TPSA) is 73.8 Å². The number of aromatic hydroxyl groups is 1. The Bertz CT molecular complexity index is 1680. The van der Waals surface area contributed by atoms with E-state index in [2.05, 4.69) is 22.0 Å². The van der Waals surface area contributed by atoms with Gasteiger partial charge in [0.05, 0.1) is 6.61 Å². The highest BCUT2D eigenvalue weighted by Gasteiger charge is 2.45. The summed E-state index contributed by atoms with van der Waals surface area (Å²) >= 11 is 0. The number of piperazine rings is 1. The molecular formula is C35H40FN5O2. The van der Waals surface area contributed by atoms with Crippen molar-refractivity contribution in [2.24, 2.45) is 11.3 Å². The van der Waals surface area contributed by atoms with Crippen LogP contribution in [-0.2, 0) is 0 Å². The first-order valence-corrected chi connectivity index (χ1v) is 16.0. The molecule has 43 heavy (non-hydrogen) atoms. The van der Waals surface area contributed by atoms with E-state index in [-0.39, 0.29) is 22.7 Å². The Morgan fingerprint density at radius 1 is 0.977 bits per heavy atom. The number of ether oxygens (including phenoxy) is 1. The molecule has 224 valence electrons. The lowest BCUT2D eigenvalue weighted by atomic mass is 9.96. The fraction of sp³-hybridized carbons (Fsp3) is 0.486. The summed E-state index contributed by atoms with van der Waals surface area (Å²) in [5, 5.41) is 16.6. The normalized spacial score (nSPS) is 25.0. The van der Waals surface area contributed by atoms with Crippen LogP contribution in [0.3, 0.4) is 0 Å². The molecular weight excluding hydrogens is 541 g/mol. The third-order valence-corrected chi connectivity index (χ3v) is 10.2. The molecule has 7 nitrogen and oxygen atoms in total. The quantitative estimate of drug-likeness (QED) is 0.272. The van der Waals surface area contributed by atoms with Gasteiger partial charge in [-0.2, -0.15) is 9.97 Å². The van der Waals surface area contributed by atoms with Gasteiger partial charge >= 0.3 is 6.01 Å². The Kier molecular flexibility index (Phi) is 6.67. The zero-order chi connectivity index (χ0) is 29.1. The smallest absolute Gasteiger partial charge is 0.319 e. The summed E-state index contributed by atoms with van der Waals surface area (Å²) in [6.07, 6.45) is 7.15. The molecule has 8 rings (SSSR count). The number of hydrogen-bond donors (Lipinski definition) is 2. The van der Waals surface area contributed by atoms with Crippen molar-refractivity contribution in [1.29, 1.82) is 0 Å². The van der Waals surface area contributed by atoms with Crippen molar-refractivity contribution in [3.63, 3.8) is 0 Å². The lowest BCUT2D eigenvalue weighted by Crippen LogP contribution is -2.51. The summed E-state index contributed by atoms with van der Waals surface area (Å²) in [5.74, 6) is 1.18. The molecule has 0 radical (unpaired) electrons. The van der Waals surface area contributed by atoms with Gasteiger partial charge in [0.25, 0.3) is 0 Å². The van der Waals surface area contributed by atoms with E-state index in [0.29, 0.717) is 35.2 Å². The number of phenolic OH excluding ortho intramolecular Hbond substituents is 1. The highest BCUT2D eigenvalue weighted by Crippen LogP contribution is 2.47. The fourth-order valence-corrected chi connectivity index (χ4v) is 7.77. The Morgan fingerprint density at radius 3 is 2.58 bits per heavy atom. The second-order valence-electron chi connectivity index (χ2n) is 13.7. The summed E-state index contributed by atoms with van der Waals surface area (Å²) in [7, 11) is 0. The average molecular weight is 582 g/mol. The van der Waals surface area contributed by atoms with Crippen LogP contribution in [0.15, 0.2) is 48.5 Å². The predicted octanol–water partition coefficient (Wildman–Crippen LogP) is 6.13. The fourth-order valence-electron chi connectivity index (χ4n) is 7.77. The second-order valence-corrected chi connectivity index (χ2v) is 13.7. The van der Waals surface area contributed by atoms with Crippen LogP contribution < -0.4 is 15.0 Å². The average Bonchev–Trinajstić information content (AvgIpc) is 3.69. The summed E-state index contributed by atoms with van der Waals surface area (Å²) in [4.78, 5) is 14.6. The van der Waals surface area contributed by atoms with Gasteiger partial charge in [-0.15, -0.1) is 0 Å². The minimum absolute atomic E-state index is 0.106. The number of nitrogens with zero attached hydrogens (tertiary/aromatic N) is 4. The van der Waals surface area contributed by atoms with Gasteiger partial charge in [0.2, 0.25) is 0 Å². The molecule has 0 amide bonds. The Balaban J connectivity index is 1.17. The maximum Gasteiger partial charge on any atom is 0.319 e. The predicted molar refractivity (Wildman–Crippen MR) is 168 cm³/mol. The number of halogens is 1. The highest BCUT2D eigenvalue weighted by atomic mass is 19.1. The van der Waals surface area contributed by atoms with E-state index < -0.39 is 5.82 Å². The van der Waals surface area contributed by atoms with E-state index in [1.165, 1.54) is 12.8 Å². The molecule has 3 saturated heterocycles. The van der Waals surface area contributed by atoms with E-state index in [4.69, 9.17) is 14.7 Å². The monoisotopic (exact) mass is 581 g/mol. The number of fused-ring (bicyclic) bond motifs is 4. The maximum atomic E-state index is 16.7. The summed E-state index contributed by atoms with van der Waals surface area (Å²) in [6.45, 7) is 7.92. The van der Waals surface area contributed by atoms with Gasteiger partial charge < -0.3 is 25.0 Å². The SMILES string of the molecule is CC1CCCN(CC2(COc3nc(N4CC5CCC(C4)N5)c4ccc(-c5cc(O)cc6ccccc56)c(F)c4n3)CC2)C1. The van der Waals surface area contributed by atoms with Crippen molar-refractivity contribution in [2.75, 3.05) is 44.2 Å². The zero-order valence-corrected chi connectivity index (χ0v) is 24.9. The molecule has 3 unspecified atom stereocenters.